The number of para-hydroxylation sites is 1. The molecule has 1 aromatic heterocycles. The van der Waals surface area contributed by atoms with Gasteiger partial charge in [-0.05, 0) is 38.1 Å². The van der Waals surface area contributed by atoms with E-state index in [-0.39, 0.29) is 16.7 Å². The Kier molecular flexibility index (Phi) is 4.80. The maximum Gasteiger partial charge on any atom is 0.315 e. The van der Waals surface area contributed by atoms with Crippen LogP contribution in [0.4, 0.5) is 17.1 Å². The summed E-state index contributed by atoms with van der Waals surface area (Å²) in [5.41, 5.74) is 1.16. The van der Waals surface area contributed by atoms with Gasteiger partial charge < -0.3 is 10.6 Å². The van der Waals surface area contributed by atoms with Gasteiger partial charge in [0.15, 0.2) is 0 Å². The minimum Gasteiger partial charge on any atom is -0.382 e. The molecule has 2 N–H and O–H groups in total. The summed E-state index contributed by atoms with van der Waals surface area (Å²) in [6.07, 6.45) is 0.847. The summed E-state index contributed by atoms with van der Waals surface area (Å²) >= 11 is 1.76. The van der Waals surface area contributed by atoms with E-state index in [1.807, 2.05) is 13.0 Å². The SMILES string of the molecule is CNc1cccc(NC(C)Cc2ccc(C)s2)c1[N+](=O)[O-]. The Balaban J connectivity index is 2.17. The summed E-state index contributed by atoms with van der Waals surface area (Å²) in [7, 11) is 1.68. The molecule has 1 unspecified atom stereocenters. The Labute approximate surface area is 128 Å². The summed E-state index contributed by atoms with van der Waals surface area (Å²) in [6.45, 7) is 4.11. The van der Waals surface area contributed by atoms with Crippen LogP contribution in [0, 0.1) is 17.0 Å². The van der Waals surface area contributed by atoms with Crippen LogP contribution in [0.3, 0.4) is 0 Å². The van der Waals surface area contributed by atoms with Crippen molar-refractivity contribution in [3.05, 3.63) is 50.2 Å². The minimum atomic E-state index is -0.351. The highest BCUT2D eigenvalue weighted by Crippen LogP contribution is 2.33. The Bertz CT molecular complexity index is 640. The molecule has 0 saturated heterocycles. The molecule has 0 aliphatic carbocycles. The van der Waals surface area contributed by atoms with E-state index in [2.05, 4.69) is 29.7 Å². The zero-order valence-electron chi connectivity index (χ0n) is 12.3. The summed E-state index contributed by atoms with van der Waals surface area (Å²) in [4.78, 5) is 13.5. The lowest BCUT2D eigenvalue weighted by atomic mass is 10.1. The average Bonchev–Trinajstić information content (AvgIpc) is 2.83. The smallest absolute Gasteiger partial charge is 0.315 e. The second kappa shape index (κ2) is 6.58. The summed E-state index contributed by atoms with van der Waals surface area (Å²) in [6, 6.07) is 9.58. The first-order chi connectivity index (χ1) is 10.0. The minimum absolute atomic E-state index is 0.0919. The number of rotatable bonds is 6. The van der Waals surface area contributed by atoms with Gasteiger partial charge in [-0.15, -0.1) is 11.3 Å². The fraction of sp³-hybridized carbons (Fsp3) is 0.333. The standard InChI is InChI=1S/C15H19N3O2S/c1-10(9-12-8-7-11(2)21-12)17-14-6-4-5-13(16-3)15(14)18(19)20/h4-8,10,16-17H,9H2,1-3H3. The Hall–Kier alpha value is -2.08. The monoisotopic (exact) mass is 305 g/mol. The van der Waals surface area contributed by atoms with Crippen LogP contribution in [0.5, 0.6) is 0 Å². The number of nitro groups is 1. The predicted octanol–water partition coefficient (Wildman–Crippen LogP) is 4.05. The quantitative estimate of drug-likeness (QED) is 0.624. The van der Waals surface area contributed by atoms with Crippen LogP contribution < -0.4 is 10.6 Å². The topological polar surface area (TPSA) is 67.2 Å². The second-order valence-electron chi connectivity index (χ2n) is 4.97. The first-order valence-corrected chi connectivity index (χ1v) is 7.60. The number of hydrogen-bond donors (Lipinski definition) is 2. The normalized spacial score (nSPS) is 12.0. The van der Waals surface area contributed by atoms with Gasteiger partial charge in [-0.2, -0.15) is 0 Å². The summed E-state index contributed by atoms with van der Waals surface area (Å²) in [5, 5.41) is 17.4. The third-order valence-corrected chi connectivity index (χ3v) is 4.22. The van der Waals surface area contributed by atoms with Crippen molar-refractivity contribution in [3.8, 4) is 0 Å². The molecule has 0 spiro atoms. The van der Waals surface area contributed by atoms with Crippen LogP contribution in [-0.2, 0) is 6.42 Å². The van der Waals surface area contributed by atoms with Gasteiger partial charge >= 0.3 is 5.69 Å². The van der Waals surface area contributed by atoms with Crippen LogP contribution in [0.15, 0.2) is 30.3 Å². The van der Waals surface area contributed by atoms with E-state index in [4.69, 9.17) is 0 Å². The molecule has 1 atom stereocenters. The molecule has 0 saturated carbocycles. The molecule has 0 aliphatic rings. The van der Waals surface area contributed by atoms with Crippen molar-refractivity contribution in [3.63, 3.8) is 0 Å². The fourth-order valence-corrected chi connectivity index (χ4v) is 3.29. The zero-order chi connectivity index (χ0) is 15.4. The molecule has 6 heteroatoms. The lowest BCUT2D eigenvalue weighted by Gasteiger charge is -2.15. The Morgan fingerprint density at radius 2 is 2.00 bits per heavy atom. The Morgan fingerprint density at radius 1 is 1.29 bits per heavy atom. The molecule has 1 aromatic carbocycles. The van der Waals surface area contributed by atoms with Crippen LogP contribution in [-0.4, -0.2) is 18.0 Å². The molecule has 0 aliphatic heterocycles. The van der Waals surface area contributed by atoms with Gasteiger partial charge in [0.1, 0.15) is 11.4 Å². The summed E-state index contributed by atoms with van der Waals surface area (Å²) < 4.78 is 0. The van der Waals surface area contributed by atoms with Gasteiger partial charge in [-0.3, -0.25) is 10.1 Å². The van der Waals surface area contributed by atoms with Gasteiger partial charge in [0.25, 0.3) is 0 Å². The molecule has 2 rings (SSSR count). The molecule has 0 fully saturated rings. The first-order valence-electron chi connectivity index (χ1n) is 6.78. The van der Waals surface area contributed by atoms with E-state index in [0.29, 0.717) is 11.4 Å². The van der Waals surface area contributed by atoms with Crippen molar-refractivity contribution in [1.29, 1.82) is 0 Å². The second-order valence-corrected chi connectivity index (χ2v) is 6.34. The maximum absolute atomic E-state index is 11.3. The highest BCUT2D eigenvalue weighted by molar-refractivity contribution is 7.11. The number of nitrogens with one attached hydrogen (secondary N) is 2. The van der Waals surface area contributed by atoms with E-state index >= 15 is 0 Å². The number of aryl methyl sites for hydroxylation is 1. The van der Waals surface area contributed by atoms with Crippen molar-refractivity contribution in [2.24, 2.45) is 0 Å². The third kappa shape index (κ3) is 3.72. The van der Waals surface area contributed by atoms with E-state index in [0.717, 1.165) is 6.42 Å². The van der Waals surface area contributed by atoms with E-state index < -0.39 is 0 Å². The number of benzene rings is 1. The molecule has 5 nitrogen and oxygen atoms in total. The van der Waals surface area contributed by atoms with E-state index in [9.17, 15) is 10.1 Å². The molecule has 0 bridgehead atoms. The predicted molar refractivity (Wildman–Crippen MR) is 88.5 cm³/mol. The van der Waals surface area contributed by atoms with Crippen molar-refractivity contribution < 1.29 is 4.92 Å². The molecule has 2 aromatic rings. The van der Waals surface area contributed by atoms with Crippen LogP contribution >= 0.6 is 11.3 Å². The fourth-order valence-electron chi connectivity index (χ4n) is 2.27. The highest BCUT2D eigenvalue weighted by Gasteiger charge is 2.20. The van der Waals surface area contributed by atoms with Crippen molar-refractivity contribution >= 4 is 28.4 Å². The van der Waals surface area contributed by atoms with Gasteiger partial charge in [-0.1, -0.05) is 6.07 Å². The van der Waals surface area contributed by atoms with Crippen molar-refractivity contribution in [1.82, 2.24) is 0 Å². The number of thiophene rings is 1. The van der Waals surface area contributed by atoms with E-state index in [1.54, 1.807) is 30.5 Å². The van der Waals surface area contributed by atoms with Crippen molar-refractivity contribution in [2.75, 3.05) is 17.7 Å². The molecule has 0 radical (unpaired) electrons. The van der Waals surface area contributed by atoms with Gasteiger partial charge in [-0.25, -0.2) is 0 Å². The lowest BCUT2D eigenvalue weighted by Crippen LogP contribution is -2.18. The number of anilines is 2. The van der Waals surface area contributed by atoms with Crippen LogP contribution in [0.1, 0.15) is 16.7 Å². The average molecular weight is 305 g/mol. The van der Waals surface area contributed by atoms with Gasteiger partial charge in [0.2, 0.25) is 0 Å². The first kappa shape index (κ1) is 15.3. The number of nitro benzene ring substituents is 1. The van der Waals surface area contributed by atoms with Gasteiger partial charge in [0.05, 0.1) is 4.92 Å². The van der Waals surface area contributed by atoms with E-state index in [1.165, 1.54) is 9.75 Å². The molecule has 21 heavy (non-hydrogen) atoms. The van der Waals surface area contributed by atoms with Crippen LogP contribution in [0.2, 0.25) is 0 Å². The largest absolute Gasteiger partial charge is 0.382 e. The van der Waals surface area contributed by atoms with Gasteiger partial charge in [0, 0.05) is 29.3 Å². The molecule has 0 amide bonds. The molecule has 1 heterocycles. The summed E-state index contributed by atoms with van der Waals surface area (Å²) in [5.74, 6) is 0. The third-order valence-electron chi connectivity index (χ3n) is 3.19. The van der Waals surface area contributed by atoms with Crippen molar-refractivity contribution in [2.45, 2.75) is 26.3 Å². The number of hydrogen-bond acceptors (Lipinski definition) is 5. The zero-order valence-corrected chi connectivity index (χ0v) is 13.2. The number of nitrogens with zero attached hydrogens (tertiary/aromatic N) is 1. The Morgan fingerprint density at radius 3 is 2.57 bits per heavy atom. The molecule has 112 valence electrons. The maximum atomic E-state index is 11.3. The molecular formula is C15H19N3O2S. The highest BCUT2D eigenvalue weighted by atomic mass is 32.1. The van der Waals surface area contributed by atoms with Crippen LogP contribution in [0.25, 0.3) is 0 Å². The molecular weight excluding hydrogens is 286 g/mol. The lowest BCUT2D eigenvalue weighted by molar-refractivity contribution is -0.383.